The molecule has 2 unspecified atom stereocenters. The largest absolute Gasteiger partial charge is 0.461 e. The van der Waals surface area contributed by atoms with Gasteiger partial charge in [0.05, 0.1) is 11.2 Å². The third kappa shape index (κ3) is 3.79. The molecule has 0 aromatic rings. The van der Waals surface area contributed by atoms with Crippen molar-refractivity contribution in [2.45, 2.75) is 103 Å². The molecule has 1 saturated heterocycles. The van der Waals surface area contributed by atoms with Crippen LogP contribution in [0.2, 0.25) is 5.82 Å². The van der Waals surface area contributed by atoms with Gasteiger partial charge in [0.25, 0.3) is 0 Å². The van der Waals surface area contributed by atoms with Crippen molar-refractivity contribution in [3.05, 3.63) is 0 Å². The van der Waals surface area contributed by atoms with Crippen molar-refractivity contribution < 1.29 is 9.31 Å². The van der Waals surface area contributed by atoms with Crippen molar-refractivity contribution in [2.75, 3.05) is 0 Å². The van der Waals surface area contributed by atoms with Crippen molar-refractivity contribution >= 4 is 7.12 Å². The van der Waals surface area contributed by atoms with Crippen LogP contribution in [0.5, 0.6) is 0 Å². The molecular weight excluding hydrogens is 247 g/mol. The molecule has 116 valence electrons. The van der Waals surface area contributed by atoms with Gasteiger partial charge in [-0.1, -0.05) is 58.3 Å². The molecule has 1 saturated carbocycles. The van der Waals surface area contributed by atoms with Gasteiger partial charge in [0.15, 0.2) is 0 Å². The highest BCUT2D eigenvalue weighted by atomic mass is 16.7. The molecule has 0 spiro atoms. The number of rotatable bonds is 1. The van der Waals surface area contributed by atoms with Crippen molar-refractivity contribution in [1.82, 2.24) is 0 Å². The van der Waals surface area contributed by atoms with Crippen LogP contribution in [0.3, 0.4) is 0 Å². The van der Waals surface area contributed by atoms with E-state index in [9.17, 15) is 0 Å². The van der Waals surface area contributed by atoms with Crippen molar-refractivity contribution in [3.63, 3.8) is 0 Å². The van der Waals surface area contributed by atoms with Crippen LogP contribution in [0.1, 0.15) is 86.0 Å². The van der Waals surface area contributed by atoms with Crippen LogP contribution in [0.4, 0.5) is 0 Å². The number of hydrogen-bond acceptors (Lipinski definition) is 2. The fourth-order valence-corrected chi connectivity index (χ4v) is 3.45. The molecule has 3 heteroatoms. The molecule has 1 heterocycles. The molecule has 2 aliphatic rings. The van der Waals surface area contributed by atoms with Crippen molar-refractivity contribution in [1.29, 1.82) is 0 Å². The molecule has 0 radical (unpaired) electrons. The van der Waals surface area contributed by atoms with Crippen LogP contribution in [0.25, 0.3) is 0 Å². The molecule has 1 aliphatic heterocycles. The second kappa shape index (κ2) is 6.40. The van der Waals surface area contributed by atoms with E-state index in [4.69, 9.17) is 9.31 Å². The van der Waals surface area contributed by atoms with Crippen LogP contribution >= 0.6 is 0 Å². The Morgan fingerprint density at radius 2 is 1.25 bits per heavy atom. The smallest absolute Gasteiger partial charge is 0.403 e. The average molecular weight is 280 g/mol. The summed E-state index contributed by atoms with van der Waals surface area (Å²) in [6, 6.07) is 0. The van der Waals surface area contributed by atoms with Crippen molar-refractivity contribution in [2.24, 2.45) is 5.92 Å². The van der Waals surface area contributed by atoms with Gasteiger partial charge >= 0.3 is 7.12 Å². The van der Waals surface area contributed by atoms with Crippen LogP contribution < -0.4 is 0 Å². The molecule has 2 fully saturated rings. The predicted octanol–water partition coefficient (Wildman–Crippen LogP) is 5.22. The highest BCUT2D eigenvalue weighted by Gasteiger charge is 2.53. The third-order valence-electron chi connectivity index (χ3n) is 5.70. The summed E-state index contributed by atoms with van der Waals surface area (Å²) in [7, 11) is 0.00901. The van der Waals surface area contributed by atoms with Gasteiger partial charge in [-0.25, -0.2) is 0 Å². The first-order valence-corrected chi connectivity index (χ1v) is 8.67. The van der Waals surface area contributed by atoms with Gasteiger partial charge in [-0.15, -0.1) is 0 Å². The minimum atomic E-state index is -0.180. The first-order valence-electron chi connectivity index (χ1n) is 8.67. The predicted molar refractivity (Wildman–Crippen MR) is 85.9 cm³/mol. The Hall–Kier alpha value is -0.0151. The zero-order valence-electron chi connectivity index (χ0n) is 14.2. The normalized spacial score (nSPS) is 35.0. The fourth-order valence-electron chi connectivity index (χ4n) is 3.45. The summed E-state index contributed by atoms with van der Waals surface area (Å²) in [5, 5.41) is 0. The van der Waals surface area contributed by atoms with Gasteiger partial charge in [-0.3, -0.25) is 0 Å². The molecule has 2 rings (SSSR count). The maximum Gasteiger partial charge on any atom is 0.461 e. The lowest BCUT2D eigenvalue weighted by Crippen LogP contribution is -2.41. The zero-order chi connectivity index (χ0) is 14.8. The highest BCUT2D eigenvalue weighted by molar-refractivity contribution is 6.47. The van der Waals surface area contributed by atoms with E-state index in [1.54, 1.807) is 0 Å². The zero-order valence-corrected chi connectivity index (χ0v) is 14.2. The SMILES string of the molecule is CC1CCCCCC(B2OC(C)(C)C(C)(C)O2)CCC1. The van der Waals surface area contributed by atoms with Gasteiger partial charge in [0, 0.05) is 0 Å². The molecule has 2 nitrogen and oxygen atoms in total. The van der Waals surface area contributed by atoms with Gasteiger partial charge in [-0.05, 0) is 39.4 Å². The second-order valence-corrected chi connectivity index (χ2v) is 8.06. The first-order chi connectivity index (χ1) is 9.32. The summed E-state index contributed by atoms with van der Waals surface area (Å²) in [6.07, 6.45) is 10.8. The van der Waals surface area contributed by atoms with E-state index in [1.807, 2.05) is 0 Å². The first kappa shape index (κ1) is 16.4. The lowest BCUT2D eigenvalue weighted by atomic mass is 9.66. The Morgan fingerprint density at radius 1 is 0.750 bits per heavy atom. The van der Waals surface area contributed by atoms with E-state index in [0.717, 1.165) is 5.92 Å². The maximum absolute atomic E-state index is 6.28. The lowest BCUT2D eigenvalue weighted by Gasteiger charge is -2.32. The van der Waals surface area contributed by atoms with Gasteiger partial charge in [-0.2, -0.15) is 0 Å². The lowest BCUT2D eigenvalue weighted by molar-refractivity contribution is 0.00578. The summed E-state index contributed by atoms with van der Waals surface area (Å²) in [6.45, 7) is 11.1. The maximum atomic E-state index is 6.28. The van der Waals surface area contributed by atoms with Gasteiger partial charge in [0.2, 0.25) is 0 Å². The summed E-state index contributed by atoms with van der Waals surface area (Å²) in [5.74, 6) is 1.48. The quantitative estimate of drug-likeness (QED) is 0.613. The molecule has 0 amide bonds. The molecule has 2 atom stereocenters. The third-order valence-corrected chi connectivity index (χ3v) is 5.70. The standard InChI is InChI=1S/C17H33BO2/c1-14-10-7-6-8-12-15(13-9-11-14)18-19-16(2,3)17(4,5)20-18/h14-15H,6-13H2,1-5H3. The van der Waals surface area contributed by atoms with Crippen LogP contribution in [-0.4, -0.2) is 18.3 Å². The second-order valence-electron chi connectivity index (χ2n) is 8.06. The Morgan fingerprint density at radius 3 is 1.90 bits per heavy atom. The van der Waals surface area contributed by atoms with Gasteiger partial charge in [0.1, 0.15) is 0 Å². The Labute approximate surface area is 126 Å². The fraction of sp³-hybridized carbons (Fsp3) is 1.00. The topological polar surface area (TPSA) is 18.5 Å². The minimum Gasteiger partial charge on any atom is -0.403 e. The monoisotopic (exact) mass is 280 g/mol. The highest BCUT2D eigenvalue weighted by Crippen LogP contribution is 2.43. The van der Waals surface area contributed by atoms with Crippen LogP contribution in [0.15, 0.2) is 0 Å². The Bertz CT molecular complexity index is 298. The minimum absolute atomic E-state index is 0.00901. The van der Waals surface area contributed by atoms with Gasteiger partial charge < -0.3 is 9.31 Å². The summed E-state index contributed by atoms with van der Waals surface area (Å²) in [5.41, 5.74) is -0.361. The molecular formula is C17H33BO2. The van der Waals surface area contributed by atoms with E-state index < -0.39 is 0 Å². The van der Waals surface area contributed by atoms with E-state index >= 15 is 0 Å². The molecule has 0 aromatic heterocycles. The summed E-state index contributed by atoms with van der Waals surface area (Å²) < 4.78 is 12.6. The van der Waals surface area contributed by atoms with E-state index in [2.05, 4.69) is 34.6 Å². The van der Waals surface area contributed by atoms with E-state index in [-0.39, 0.29) is 18.3 Å². The molecule has 0 bridgehead atoms. The summed E-state index contributed by atoms with van der Waals surface area (Å²) in [4.78, 5) is 0. The van der Waals surface area contributed by atoms with Crippen molar-refractivity contribution in [3.8, 4) is 0 Å². The Kier molecular flexibility index (Phi) is 5.23. The molecule has 1 aliphatic carbocycles. The van der Waals surface area contributed by atoms with Crippen LogP contribution in [-0.2, 0) is 9.31 Å². The molecule has 0 aromatic carbocycles. The van der Waals surface area contributed by atoms with E-state index in [0.29, 0.717) is 5.82 Å². The van der Waals surface area contributed by atoms with Crippen LogP contribution in [0, 0.1) is 5.92 Å². The average Bonchev–Trinajstić information content (AvgIpc) is 2.56. The number of hydrogen-bond donors (Lipinski definition) is 0. The summed E-state index contributed by atoms with van der Waals surface area (Å²) >= 11 is 0. The van der Waals surface area contributed by atoms with E-state index in [1.165, 1.54) is 51.4 Å². The molecule has 0 N–H and O–H groups in total. The Balaban J connectivity index is 1.96. The molecule has 20 heavy (non-hydrogen) atoms.